The molecule has 0 fully saturated rings. The molecule has 0 aliphatic rings. The van der Waals surface area contributed by atoms with Crippen LogP contribution in [0.1, 0.15) is 39.7 Å². The fourth-order valence-corrected chi connectivity index (χ4v) is 3.97. The molecule has 110 valence electrons. The molecule has 1 rings (SSSR count). The highest BCUT2D eigenvalue weighted by atomic mass is 79.9. The number of allylic oxidation sites excluding steroid dienone is 1. The Morgan fingerprint density at radius 2 is 1.85 bits per heavy atom. The first-order valence-corrected chi connectivity index (χ1v) is 11.1. The molecular formula is C18H27BrSi. The van der Waals surface area contributed by atoms with Crippen LogP contribution in [0, 0.1) is 0 Å². The Bertz CT molecular complexity index is 514. The van der Waals surface area contributed by atoms with Gasteiger partial charge in [0.15, 0.2) is 0 Å². The zero-order valence-corrected chi connectivity index (χ0v) is 16.3. The molecule has 0 aromatic heterocycles. The van der Waals surface area contributed by atoms with Gasteiger partial charge in [-0.1, -0.05) is 68.0 Å². The van der Waals surface area contributed by atoms with E-state index in [1.54, 1.807) is 0 Å². The van der Waals surface area contributed by atoms with E-state index >= 15 is 0 Å². The quantitative estimate of drug-likeness (QED) is 0.427. The van der Waals surface area contributed by atoms with Crippen LogP contribution in [0.2, 0.25) is 18.1 Å². The van der Waals surface area contributed by atoms with Gasteiger partial charge in [-0.2, -0.15) is 0 Å². The van der Waals surface area contributed by atoms with Gasteiger partial charge >= 0.3 is 0 Å². The minimum Gasteiger partial charge on any atom is -0.131 e. The van der Waals surface area contributed by atoms with E-state index in [-0.39, 0.29) is 0 Å². The molecule has 0 heterocycles. The van der Waals surface area contributed by atoms with E-state index in [1.807, 2.05) is 0 Å². The lowest BCUT2D eigenvalue weighted by Crippen LogP contribution is -2.38. The Hall–Kier alpha value is -0.563. The minimum atomic E-state index is -1.38. The average molecular weight is 351 g/mol. The van der Waals surface area contributed by atoms with E-state index in [0.29, 0.717) is 5.04 Å². The molecule has 0 aliphatic carbocycles. The second kappa shape index (κ2) is 6.93. The Balaban J connectivity index is 2.73. The lowest BCUT2D eigenvalue weighted by molar-refractivity contribution is 0.725. The van der Waals surface area contributed by atoms with Crippen molar-refractivity contribution >= 4 is 24.0 Å². The third-order valence-corrected chi connectivity index (χ3v) is 11.2. The van der Waals surface area contributed by atoms with Gasteiger partial charge in [0, 0.05) is 4.47 Å². The smallest absolute Gasteiger partial charge is 0.0902 e. The maximum Gasteiger partial charge on any atom is 0.0902 e. The summed E-state index contributed by atoms with van der Waals surface area (Å²) in [6.45, 7) is 14.2. The van der Waals surface area contributed by atoms with Gasteiger partial charge < -0.3 is 0 Å². The van der Waals surface area contributed by atoms with Crippen molar-refractivity contribution < 1.29 is 0 Å². The minimum absolute atomic E-state index is 0.389. The summed E-state index contributed by atoms with van der Waals surface area (Å²) in [6, 6.07) is 8.45. The predicted molar refractivity (Wildman–Crippen MR) is 96.9 cm³/mol. The SMILES string of the molecule is CC(=C=CCCc1ccccc1Br)[Si](C)(C)C(C)(C)C. The summed E-state index contributed by atoms with van der Waals surface area (Å²) in [5.41, 5.74) is 4.93. The van der Waals surface area contributed by atoms with Gasteiger partial charge in [0.05, 0.1) is 8.07 Å². The van der Waals surface area contributed by atoms with Crippen LogP contribution < -0.4 is 0 Å². The number of hydrogen-bond donors (Lipinski definition) is 0. The molecular weight excluding hydrogens is 324 g/mol. The monoisotopic (exact) mass is 350 g/mol. The molecule has 1 aromatic carbocycles. The molecule has 0 spiro atoms. The van der Waals surface area contributed by atoms with Crippen LogP contribution in [-0.4, -0.2) is 8.07 Å². The van der Waals surface area contributed by atoms with E-state index in [4.69, 9.17) is 0 Å². The Kier molecular flexibility index (Phi) is 6.06. The lowest BCUT2D eigenvalue weighted by atomic mass is 10.1. The average Bonchev–Trinajstić information content (AvgIpc) is 2.34. The second-order valence-corrected chi connectivity index (χ2v) is 13.3. The summed E-state index contributed by atoms with van der Waals surface area (Å²) in [7, 11) is -1.38. The molecule has 0 atom stereocenters. The molecule has 0 saturated carbocycles. The fraction of sp³-hybridized carbons (Fsp3) is 0.500. The Labute approximate surface area is 134 Å². The molecule has 2 heteroatoms. The third-order valence-electron chi connectivity index (χ3n) is 4.65. The first-order chi connectivity index (χ1) is 9.16. The largest absolute Gasteiger partial charge is 0.131 e. The highest BCUT2D eigenvalue weighted by Crippen LogP contribution is 2.39. The van der Waals surface area contributed by atoms with Crippen molar-refractivity contribution in [1.29, 1.82) is 0 Å². The van der Waals surface area contributed by atoms with Gasteiger partial charge in [-0.15, -0.1) is 5.73 Å². The molecule has 1 aromatic rings. The Morgan fingerprint density at radius 3 is 2.40 bits per heavy atom. The summed E-state index contributed by atoms with van der Waals surface area (Å²) >= 11 is 3.60. The predicted octanol–water partition coefficient (Wildman–Crippen LogP) is 6.53. The molecule has 20 heavy (non-hydrogen) atoms. The normalized spacial score (nSPS) is 11.9. The molecule has 0 radical (unpaired) electrons. The van der Waals surface area contributed by atoms with Gasteiger partial charge in [0.1, 0.15) is 0 Å². The van der Waals surface area contributed by atoms with Crippen LogP contribution in [0.4, 0.5) is 0 Å². The number of aryl methyl sites for hydroxylation is 1. The summed E-state index contributed by atoms with van der Waals surface area (Å²) in [4.78, 5) is 0. The molecule has 0 aliphatic heterocycles. The van der Waals surface area contributed by atoms with Gasteiger partial charge in [-0.05, 0) is 47.7 Å². The molecule has 0 N–H and O–H groups in total. The van der Waals surface area contributed by atoms with Crippen LogP contribution in [0.25, 0.3) is 0 Å². The van der Waals surface area contributed by atoms with Crippen molar-refractivity contribution in [3.63, 3.8) is 0 Å². The standard InChI is InChI=1S/C18H27BrSi/c1-15(20(5,6)18(2,3)4)11-7-8-12-16-13-9-10-14-17(16)19/h7,9-10,13-14H,8,12H2,1-6H3. The molecule has 0 nitrogen and oxygen atoms in total. The van der Waals surface area contributed by atoms with Crippen LogP contribution >= 0.6 is 15.9 Å². The van der Waals surface area contributed by atoms with Crippen LogP contribution in [0.15, 0.2) is 45.7 Å². The van der Waals surface area contributed by atoms with E-state index < -0.39 is 8.07 Å². The van der Waals surface area contributed by atoms with Crippen molar-refractivity contribution in [1.82, 2.24) is 0 Å². The molecule has 0 unspecified atom stereocenters. The van der Waals surface area contributed by atoms with E-state index in [1.165, 1.54) is 15.2 Å². The van der Waals surface area contributed by atoms with Crippen molar-refractivity contribution in [2.75, 3.05) is 0 Å². The maximum atomic E-state index is 3.60. The summed E-state index contributed by atoms with van der Waals surface area (Å²) in [5, 5.41) is 1.86. The first kappa shape index (κ1) is 17.5. The number of hydrogen-bond acceptors (Lipinski definition) is 0. The molecule has 0 saturated heterocycles. The zero-order valence-electron chi connectivity index (χ0n) is 13.7. The summed E-state index contributed by atoms with van der Waals surface area (Å²) < 4.78 is 1.21. The highest BCUT2D eigenvalue weighted by molar-refractivity contribution is 9.10. The fourth-order valence-electron chi connectivity index (χ4n) is 1.90. The van der Waals surface area contributed by atoms with Crippen LogP contribution in [-0.2, 0) is 6.42 Å². The van der Waals surface area contributed by atoms with Gasteiger partial charge in [-0.25, -0.2) is 0 Å². The number of rotatable bonds is 4. The third kappa shape index (κ3) is 4.48. The summed E-state index contributed by atoms with van der Waals surface area (Å²) in [6.07, 6.45) is 4.34. The van der Waals surface area contributed by atoms with Crippen LogP contribution in [0.3, 0.4) is 0 Å². The highest BCUT2D eigenvalue weighted by Gasteiger charge is 2.36. The maximum absolute atomic E-state index is 3.60. The number of benzene rings is 1. The van der Waals surface area contributed by atoms with Crippen molar-refractivity contribution in [3.05, 3.63) is 51.3 Å². The lowest BCUT2D eigenvalue weighted by Gasteiger charge is -2.36. The Morgan fingerprint density at radius 1 is 1.25 bits per heavy atom. The van der Waals surface area contributed by atoms with E-state index in [0.717, 1.165) is 12.8 Å². The van der Waals surface area contributed by atoms with Crippen molar-refractivity contribution in [2.24, 2.45) is 0 Å². The molecule has 0 amide bonds. The summed E-state index contributed by atoms with van der Waals surface area (Å²) in [5.74, 6) is 0. The van der Waals surface area contributed by atoms with Gasteiger partial charge in [-0.3, -0.25) is 0 Å². The zero-order chi connectivity index (χ0) is 15.4. The van der Waals surface area contributed by atoms with Gasteiger partial charge in [0.25, 0.3) is 0 Å². The first-order valence-electron chi connectivity index (χ1n) is 7.32. The van der Waals surface area contributed by atoms with Gasteiger partial charge in [0.2, 0.25) is 0 Å². The van der Waals surface area contributed by atoms with E-state index in [2.05, 4.69) is 92.8 Å². The van der Waals surface area contributed by atoms with Crippen molar-refractivity contribution in [3.8, 4) is 0 Å². The van der Waals surface area contributed by atoms with Crippen LogP contribution in [0.5, 0.6) is 0 Å². The molecule has 0 bridgehead atoms. The second-order valence-electron chi connectivity index (χ2n) is 6.98. The van der Waals surface area contributed by atoms with Crippen molar-refractivity contribution in [2.45, 2.75) is 58.7 Å². The number of halogens is 1. The van der Waals surface area contributed by atoms with E-state index in [9.17, 15) is 0 Å². The topological polar surface area (TPSA) is 0 Å².